The Hall–Kier alpha value is -1.09. The maximum absolute atomic E-state index is 11.0. The van der Waals surface area contributed by atoms with Crippen molar-refractivity contribution in [3.63, 3.8) is 0 Å². The van der Waals surface area contributed by atoms with Crippen LogP contribution in [0, 0.1) is 5.41 Å². The first-order chi connectivity index (χ1) is 10.5. The molecule has 0 saturated heterocycles. The van der Waals surface area contributed by atoms with E-state index in [1.54, 1.807) is 0 Å². The zero-order valence-corrected chi connectivity index (χ0v) is 14.4. The number of allylic oxidation sites excluding steroid dienone is 2. The molecule has 0 spiro atoms. The topological polar surface area (TPSA) is 46.5 Å². The van der Waals surface area contributed by atoms with Crippen LogP contribution in [0.2, 0.25) is 0 Å². The van der Waals surface area contributed by atoms with E-state index in [9.17, 15) is 9.90 Å². The summed E-state index contributed by atoms with van der Waals surface area (Å²) in [4.78, 5) is 11.0. The lowest BCUT2D eigenvalue weighted by atomic mass is 9.77. The summed E-state index contributed by atoms with van der Waals surface area (Å²) < 4.78 is 4.63. The number of rotatable bonds is 10. The number of aliphatic hydroxyl groups excluding tert-OH is 1. The van der Waals surface area contributed by atoms with Gasteiger partial charge >= 0.3 is 5.97 Å². The van der Waals surface area contributed by atoms with E-state index in [1.165, 1.54) is 39.2 Å². The van der Waals surface area contributed by atoms with E-state index in [0.717, 1.165) is 24.8 Å². The smallest absolute Gasteiger partial charge is 0.305 e. The SMILES string of the molecule is COC(=O)CCCCCCCC[C@@]1(C)C=CC([C@H](C)O)=CC1. The van der Waals surface area contributed by atoms with Gasteiger partial charge in [0.25, 0.3) is 0 Å². The lowest BCUT2D eigenvalue weighted by Crippen LogP contribution is -2.17. The van der Waals surface area contributed by atoms with Gasteiger partial charge < -0.3 is 9.84 Å². The molecule has 1 aliphatic carbocycles. The largest absolute Gasteiger partial charge is 0.469 e. The fraction of sp³-hybridized carbons (Fsp3) is 0.737. The summed E-state index contributed by atoms with van der Waals surface area (Å²) in [5.74, 6) is -0.0957. The van der Waals surface area contributed by atoms with Crippen LogP contribution in [0.15, 0.2) is 23.8 Å². The normalized spacial score (nSPS) is 22.3. The van der Waals surface area contributed by atoms with Gasteiger partial charge in [-0.2, -0.15) is 0 Å². The maximum Gasteiger partial charge on any atom is 0.305 e. The molecule has 126 valence electrons. The van der Waals surface area contributed by atoms with E-state index >= 15 is 0 Å². The Morgan fingerprint density at radius 1 is 1.27 bits per heavy atom. The predicted octanol–water partition coefficient (Wildman–Crippen LogP) is 4.55. The van der Waals surface area contributed by atoms with Gasteiger partial charge in [-0.25, -0.2) is 0 Å². The van der Waals surface area contributed by atoms with E-state index < -0.39 is 0 Å². The number of carbonyl (C=O) groups is 1. The van der Waals surface area contributed by atoms with Crippen LogP contribution < -0.4 is 0 Å². The summed E-state index contributed by atoms with van der Waals surface area (Å²) in [6, 6.07) is 0. The predicted molar refractivity (Wildman–Crippen MR) is 90.6 cm³/mol. The molecule has 1 rings (SSSR count). The number of hydrogen-bond acceptors (Lipinski definition) is 3. The van der Waals surface area contributed by atoms with Crippen molar-refractivity contribution < 1.29 is 14.6 Å². The molecule has 0 saturated carbocycles. The van der Waals surface area contributed by atoms with E-state index in [0.29, 0.717) is 6.42 Å². The Morgan fingerprint density at radius 2 is 1.91 bits per heavy atom. The van der Waals surface area contributed by atoms with Crippen LogP contribution >= 0.6 is 0 Å². The van der Waals surface area contributed by atoms with Crippen molar-refractivity contribution in [1.29, 1.82) is 0 Å². The number of carbonyl (C=O) groups excluding carboxylic acids is 1. The fourth-order valence-corrected chi connectivity index (χ4v) is 2.89. The average Bonchev–Trinajstić information content (AvgIpc) is 2.50. The maximum atomic E-state index is 11.0. The molecular weight excluding hydrogens is 276 g/mol. The minimum atomic E-state index is -0.356. The first-order valence-corrected chi connectivity index (χ1v) is 8.61. The molecule has 0 bridgehead atoms. The number of esters is 1. The monoisotopic (exact) mass is 308 g/mol. The number of methoxy groups -OCH3 is 1. The number of aliphatic hydroxyl groups is 1. The molecule has 0 unspecified atom stereocenters. The van der Waals surface area contributed by atoms with Gasteiger partial charge in [-0.1, -0.05) is 57.3 Å². The molecule has 0 heterocycles. The summed E-state index contributed by atoms with van der Waals surface area (Å²) in [6.45, 7) is 4.12. The molecule has 2 atom stereocenters. The molecular formula is C19H32O3. The van der Waals surface area contributed by atoms with Gasteiger partial charge in [-0.15, -0.1) is 0 Å². The fourth-order valence-electron chi connectivity index (χ4n) is 2.89. The van der Waals surface area contributed by atoms with Gasteiger partial charge in [0.1, 0.15) is 0 Å². The highest BCUT2D eigenvalue weighted by atomic mass is 16.5. The minimum Gasteiger partial charge on any atom is -0.469 e. The molecule has 0 amide bonds. The highest BCUT2D eigenvalue weighted by molar-refractivity contribution is 5.68. The van der Waals surface area contributed by atoms with Crippen molar-refractivity contribution >= 4 is 5.97 Å². The average molecular weight is 308 g/mol. The van der Waals surface area contributed by atoms with E-state index in [4.69, 9.17) is 0 Å². The van der Waals surface area contributed by atoms with Crippen molar-refractivity contribution in [3.8, 4) is 0 Å². The van der Waals surface area contributed by atoms with Gasteiger partial charge in [-0.05, 0) is 37.2 Å². The van der Waals surface area contributed by atoms with E-state index in [1.807, 2.05) is 6.92 Å². The number of unbranched alkanes of at least 4 members (excludes halogenated alkanes) is 5. The minimum absolute atomic E-state index is 0.0957. The van der Waals surface area contributed by atoms with Crippen LogP contribution in [0.3, 0.4) is 0 Å². The summed E-state index contributed by atoms with van der Waals surface area (Å²) in [5.41, 5.74) is 1.30. The third-order valence-corrected chi connectivity index (χ3v) is 4.57. The molecule has 0 aromatic heterocycles. The van der Waals surface area contributed by atoms with Crippen LogP contribution in [0.4, 0.5) is 0 Å². The molecule has 1 aliphatic rings. The Labute approximate surface area is 135 Å². The highest BCUT2D eigenvalue weighted by Gasteiger charge is 2.22. The van der Waals surface area contributed by atoms with Gasteiger partial charge in [0.2, 0.25) is 0 Å². The molecule has 1 N–H and O–H groups in total. The highest BCUT2D eigenvalue weighted by Crippen LogP contribution is 2.35. The standard InChI is InChI=1S/C19H32O3/c1-16(20)17-11-14-19(2,15-12-17)13-9-7-5-4-6-8-10-18(21)22-3/h11-12,14,16,20H,4-10,13,15H2,1-3H3/t16-,19-/m0/s1. The van der Waals surface area contributed by atoms with Crippen LogP contribution in [0.25, 0.3) is 0 Å². The molecule has 0 aromatic carbocycles. The van der Waals surface area contributed by atoms with Gasteiger partial charge in [0.05, 0.1) is 13.2 Å². The second-order valence-corrected chi connectivity index (χ2v) is 6.77. The summed E-state index contributed by atoms with van der Waals surface area (Å²) in [7, 11) is 1.45. The Morgan fingerprint density at radius 3 is 2.45 bits per heavy atom. The van der Waals surface area contributed by atoms with Crippen LogP contribution in [-0.2, 0) is 9.53 Å². The summed E-state index contributed by atoms with van der Waals surface area (Å²) >= 11 is 0. The Kier molecular flexibility index (Phi) is 8.47. The molecule has 0 aliphatic heterocycles. The lowest BCUT2D eigenvalue weighted by molar-refractivity contribution is -0.140. The molecule has 0 aromatic rings. The van der Waals surface area contributed by atoms with Crippen molar-refractivity contribution in [2.45, 2.75) is 77.7 Å². The second kappa shape index (κ2) is 9.83. The first kappa shape index (κ1) is 19.0. The van der Waals surface area contributed by atoms with E-state index in [-0.39, 0.29) is 17.5 Å². The van der Waals surface area contributed by atoms with E-state index in [2.05, 4.69) is 29.9 Å². The Balaban J connectivity index is 2.06. The molecule has 3 nitrogen and oxygen atoms in total. The Bertz CT molecular complexity index is 395. The molecule has 3 heteroatoms. The molecule has 22 heavy (non-hydrogen) atoms. The van der Waals surface area contributed by atoms with Crippen molar-refractivity contribution in [2.24, 2.45) is 5.41 Å². The van der Waals surface area contributed by atoms with Crippen LogP contribution in [0.1, 0.15) is 71.6 Å². The van der Waals surface area contributed by atoms with Crippen molar-refractivity contribution in [2.75, 3.05) is 7.11 Å². The first-order valence-electron chi connectivity index (χ1n) is 8.61. The molecule has 0 radical (unpaired) electrons. The van der Waals surface area contributed by atoms with Crippen LogP contribution in [-0.4, -0.2) is 24.3 Å². The second-order valence-electron chi connectivity index (χ2n) is 6.77. The van der Waals surface area contributed by atoms with Gasteiger partial charge in [0.15, 0.2) is 0 Å². The third kappa shape index (κ3) is 7.26. The quantitative estimate of drug-likeness (QED) is 0.475. The van der Waals surface area contributed by atoms with Crippen LogP contribution in [0.5, 0.6) is 0 Å². The number of hydrogen-bond donors (Lipinski definition) is 1. The number of ether oxygens (including phenoxy) is 1. The summed E-state index contributed by atoms with van der Waals surface area (Å²) in [6.07, 6.45) is 16.0. The van der Waals surface area contributed by atoms with Gasteiger partial charge in [-0.3, -0.25) is 4.79 Å². The lowest BCUT2D eigenvalue weighted by Gasteiger charge is -2.28. The third-order valence-electron chi connectivity index (χ3n) is 4.57. The molecule has 0 fully saturated rings. The van der Waals surface area contributed by atoms with Crippen molar-refractivity contribution in [3.05, 3.63) is 23.8 Å². The van der Waals surface area contributed by atoms with Gasteiger partial charge in [0, 0.05) is 6.42 Å². The zero-order chi connectivity index (χ0) is 16.4. The van der Waals surface area contributed by atoms with Crippen molar-refractivity contribution in [1.82, 2.24) is 0 Å². The summed E-state index contributed by atoms with van der Waals surface area (Å²) in [5, 5.41) is 9.57. The zero-order valence-electron chi connectivity index (χ0n) is 14.4.